The van der Waals surface area contributed by atoms with Gasteiger partial charge in [-0.25, -0.2) is 12.8 Å². The second-order valence-corrected chi connectivity index (χ2v) is 12.0. The van der Waals surface area contributed by atoms with Crippen LogP contribution in [0.3, 0.4) is 0 Å². The average Bonchev–Trinajstić information content (AvgIpc) is 3.38. The number of hydrogen-bond donors (Lipinski definition) is 0. The zero-order valence-corrected chi connectivity index (χ0v) is 22.9. The highest BCUT2D eigenvalue weighted by Gasteiger charge is 2.26. The Morgan fingerprint density at radius 3 is 1.87 bits per heavy atom. The second-order valence-electron chi connectivity index (χ2n) is 8.82. The molecule has 4 aromatic carbocycles. The summed E-state index contributed by atoms with van der Waals surface area (Å²) >= 11 is 1.52. The van der Waals surface area contributed by atoms with Gasteiger partial charge < -0.3 is 0 Å². The van der Waals surface area contributed by atoms with E-state index in [0.29, 0.717) is 22.2 Å². The van der Waals surface area contributed by atoms with E-state index < -0.39 is 10.0 Å². The predicted molar refractivity (Wildman–Crippen MR) is 152 cm³/mol. The lowest BCUT2D eigenvalue weighted by Gasteiger charge is -2.23. The van der Waals surface area contributed by atoms with Crippen LogP contribution >= 0.6 is 11.8 Å². The Labute approximate surface area is 232 Å². The molecular weight excluding hydrogens is 531 g/mol. The van der Waals surface area contributed by atoms with Gasteiger partial charge in [0.25, 0.3) is 0 Å². The maximum Gasteiger partial charge on any atom is 0.243 e. The van der Waals surface area contributed by atoms with E-state index in [9.17, 15) is 12.8 Å². The van der Waals surface area contributed by atoms with Crippen molar-refractivity contribution in [3.8, 4) is 17.1 Å². The molecule has 5 aromatic rings. The van der Waals surface area contributed by atoms with Gasteiger partial charge in [-0.1, -0.05) is 79.3 Å². The van der Waals surface area contributed by atoms with Gasteiger partial charge in [-0.15, -0.1) is 10.2 Å². The Morgan fingerprint density at radius 1 is 0.769 bits per heavy atom. The summed E-state index contributed by atoms with van der Waals surface area (Å²) in [6, 6.07) is 31.9. The predicted octanol–water partition coefficient (Wildman–Crippen LogP) is 6.58. The van der Waals surface area contributed by atoms with Crippen LogP contribution in [-0.2, 0) is 23.1 Å². The molecule has 0 bridgehead atoms. The molecule has 0 aliphatic heterocycles. The third-order valence-corrected chi connectivity index (χ3v) is 8.76. The van der Waals surface area contributed by atoms with E-state index >= 15 is 0 Å². The smallest absolute Gasteiger partial charge is 0.243 e. The van der Waals surface area contributed by atoms with Crippen molar-refractivity contribution in [3.63, 3.8) is 0 Å². The zero-order valence-electron chi connectivity index (χ0n) is 21.3. The number of nitrogens with zero attached hydrogens (tertiary/aromatic N) is 4. The maximum absolute atomic E-state index is 13.9. The molecule has 0 aliphatic rings. The van der Waals surface area contributed by atoms with Gasteiger partial charge in [0.1, 0.15) is 5.82 Å². The molecule has 0 amide bonds. The van der Waals surface area contributed by atoms with Crippen molar-refractivity contribution in [1.82, 2.24) is 19.1 Å². The number of thioether (sulfide) groups is 1. The molecule has 5 rings (SSSR count). The van der Waals surface area contributed by atoms with Gasteiger partial charge in [0.15, 0.2) is 11.0 Å². The minimum absolute atomic E-state index is 0.194. The van der Waals surface area contributed by atoms with E-state index in [4.69, 9.17) is 0 Å². The molecule has 1 heterocycles. The minimum Gasteiger partial charge on any atom is -0.270 e. The van der Waals surface area contributed by atoms with Crippen LogP contribution in [0.5, 0.6) is 0 Å². The topological polar surface area (TPSA) is 68.1 Å². The molecule has 39 heavy (non-hydrogen) atoms. The molecule has 0 fully saturated rings. The van der Waals surface area contributed by atoms with Crippen LogP contribution in [0, 0.1) is 5.82 Å². The molecule has 198 valence electrons. The van der Waals surface area contributed by atoms with Crippen LogP contribution in [0.1, 0.15) is 18.1 Å². The molecular formula is C30H27FN4O2S2. The lowest BCUT2D eigenvalue weighted by molar-refractivity contribution is 0.401. The van der Waals surface area contributed by atoms with E-state index in [1.54, 1.807) is 36.4 Å². The quantitative estimate of drug-likeness (QED) is 0.181. The van der Waals surface area contributed by atoms with Crippen LogP contribution in [-0.4, -0.2) is 33.2 Å². The molecule has 9 heteroatoms. The van der Waals surface area contributed by atoms with E-state index in [2.05, 4.69) is 10.2 Å². The first-order chi connectivity index (χ1) is 19.0. The van der Waals surface area contributed by atoms with Gasteiger partial charge in [0.2, 0.25) is 10.0 Å². The molecule has 1 aromatic heterocycles. The van der Waals surface area contributed by atoms with Crippen molar-refractivity contribution in [1.29, 1.82) is 0 Å². The molecule has 0 saturated heterocycles. The highest BCUT2D eigenvalue weighted by atomic mass is 32.2. The maximum atomic E-state index is 13.9. The van der Waals surface area contributed by atoms with Crippen molar-refractivity contribution < 1.29 is 12.8 Å². The summed E-state index contributed by atoms with van der Waals surface area (Å²) in [5.41, 5.74) is 3.24. The SMILES string of the molecule is CCSc1nnc(-c2ccc(F)cc2)n1-c1ccc(S(=O)(=O)N(Cc2ccccc2)Cc2ccccc2)cc1. The largest absolute Gasteiger partial charge is 0.270 e. The van der Waals surface area contributed by atoms with Crippen molar-refractivity contribution >= 4 is 21.8 Å². The molecule has 0 unspecified atom stereocenters. The molecule has 0 saturated carbocycles. The highest BCUT2D eigenvalue weighted by molar-refractivity contribution is 7.99. The normalized spacial score (nSPS) is 11.7. The Hall–Kier alpha value is -3.79. The van der Waals surface area contributed by atoms with Gasteiger partial charge in [-0.3, -0.25) is 4.57 Å². The van der Waals surface area contributed by atoms with Gasteiger partial charge in [0, 0.05) is 24.3 Å². The Bertz CT molecular complexity index is 1580. The summed E-state index contributed by atoms with van der Waals surface area (Å²) < 4.78 is 44.7. The number of halogens is 1. The number of rotatable bonds is 10. The second kappa shape index (κ2) is 11.9. The van der Waals surface area contributed by atoms with E-state index in [0.717, 1.165) is 16.9 Å². The average molecular weight is 559 g/mol. The van der Waals surface area contributed by atoms with Gasteiger partial charge in [0.05, 0.1) is 4.90 Å². The monoisotopic (exact) mass is 558 g/mol. The zero-order chi connectivity index (χ0) is 27.2. The van der Waals surface area contributed by atoms with E-state index in [1.165, 1.54) is 28.2 Å². The lowest BCUT2D eigenvalue weighted by Crippen LogP contribution is -2.30. The van der Waals surface area contributed by atoms with Gasteiger partial charge in [-0.05, 0) is 65.4 Å². The van der Waals surface area contributed by atoms with Crippen molar-refractivity contribution in [2.24, 2.45) is 0 Å². The fourth-order valence-electron chi connectivity index (χ4n) is 4.23. The molecule has 0 aliphatic carbocycles. The first-order valence-electron chi connectivity index (χ1n) is 12.5. The van der Waals surface area contributed by atoms with E-state index in [-0.39, 0.29) is 23.8 Å². The number of hydrogen-bond acceptors (Lipinski definition) is 5. The highest BCUT2D eigenvalue weighted by Crippen LogP contribution is 2.29. The molecule has 0 N–H and O–H groups in total. The summed E-state index contributed by atoms with van der Waals surface area (Å²) in [6.45, 7) is 2.51. The standard InChI is InChI=1S/C30H27FN4O2S2/c1-2-38-30-33-32-29(25-13-15-26(31)16-14-25)35(30)27-17-19-28(20-18-27)39(36,37)34(21-23-9-5-3-6-10-23)22-24-11-7-4-8-12-24/h3-20H,2,21-22H2,1H3. The Balaban J connectivity index is 1.50. The van der Waals surface area contributed by atoms with Crippen molar-refractivity contribution in [3.05, 3.63) is 126 Å². The summed E-state index contributed by atoms with van der Waals surface area (Å²) in [5, 5.41) is 9.35. The van der Waals surface area contributed by atoms with Crippen LogP contribution < -0.4 is 0 Å². The summed E-state index contributed by atoms with van der Waals surface area (Å²) in [5.74, 6) is 0.997. The van der Waals surface area contributed by atoms with Crippen LogP contribution in [0.15, 0.2) is 119 Å². The van der Waals surface area contributed by atoms with Crippen molar-refractivity contribution in [2.45, 2.75) is 30.1 Å². The summed E-state index contributed by atoms with van der Waals surface area (Å²) in [6.07, 6.45) is 0. The van der Waals surface area contributed by atoms with Gasteiger partial charge in [-0.2, -0.15) is 4.31 Å². The Morgan fingerprint density at radius 2 is 1.33 bits per heavy atom. The third-order valence-electron chi connectivity index (χ3n) is 6.15. The molecule has 0 radical (unpaired) electrons. The minimum atomic E-state index is -3.82. The molecule has 0 spiro atoms. The molecule has 0 atom stereocenters. The fourth-order valence-corrected chi connectivity index (χ4v) is 6.32. The van der Waals surface area contributed by atoms with Gasteiger partial charge >= 0.3 is 0 Å². The lowest BCUT2D eigenvalue weighted by atomic mass is 10.2. The first-order valence-corrected chi connectivity index (χ1v) is 14.9. The van der Waals surface area contributed by atoms with Crippen LogP contribution in [0.2, 0.25) is 0 Å². The first kappa shape index (κ1) is 26.8. The summed E-state index contributed by atoms with van der Waals surface area (Å²) in [4.78, 5) is 0.194. The fraction of sp³-hybridized carbons (Fsp3) is 0.133. The van der Waals surface area contributed by atoms with E-state index in [1.807, 2.05) is 72.2 Å². The summed E-state index contributed by atoms with van der Waals surface area (Å²) in [7, 11) is -3.82. The number of sulfonamides is 1. The number of benzene rings is 4. The van der Waals surface area contributed by atoms with Crippen LogP contribution in [0.4, 0.5) is 4.39 Å². The van der Waals surface area contributed by atoms with Crippen molar-refractivity contribution in [2.75, 3.05) is 5.75 Å². The number of aromatic nitrogens is 3. The van der Waals surface area contributed by atoms with Crippen LogP contribution in [0.25, 0.3) is 17.1 Å². The Kier molecular flexibility index (Phi) is 8.21. The third kappa shape index (κ3) is 6.11. The molecule has 6 nitrogen and oxygen atoms in total.